The Hall–Kier alpha value is -4.15. The summed E-state index contributed by atoms with van der Waals surface area (Å²) in [6.07, 6.45) is 3.89. The second kappa shape index (κ2) is 11.7. The van der Waals surface area contributed by atoms with Gasteiger partial charge in [-0.3, -0.25) is 9.58 Å². The SMILES string of the molecule is COCCN1C[C@@H](NC(=O)Nc2cc3cc(OC)c(OC)cc3nc2-c2ccccc2)[C@H](c2cnn(C)c2)C1. The van der Waals surface area contributed by atoms with Gasteiger partial charge in [0, 0.05) is 62.9 Å². The summed E-state index contributed by atoms with van der Waals surface area (Å²) in [6, 6.07) is 15.0. The number of nitrogens with zero attached hydrogens (tertiary/aromatic N) is 4. The van der Waals surface area contributed by atoms with E-state index in [1.54, 1.807) is 26.0 Å². The van der Waals surface area contributed by atoms with Gasteiger partial charge in [0.15, 0.2) is 11.5 Å². The highest BCUT2D eigenvalue weighted by molar-refractivity contribution is 5.98. The summed E-state index contributed by atoms with van der Waals surface area (Å²) in [7, 11) is 6.79. The molecule has 0 spiro atoms. The zero-order chi connectivity index (χ0) is 27.4. The normalized spacial score (nSPS) is 17.3. The van der Waals surface area contributed by atoms with Crippen molar-refractivity contribution in [1.29, 1.82) is 0 Å². The summed E-state index contributed by atoms with van der Waals surface area (Å²) >= 11 is 0. The summed E-state index contributed by atoms with van der Waals surface area (Å²) in [6.45, 7) is 2.96. The number of ether oxygens (including phenoxy) is 3. The zero-order valence-corrected chi connectivity index (χ0v) is 22.7. The molecule has 0 aliphatic carbocycles. The number of likely N-dealkylation sites (tertiary alicyclic amines) is 1. The predicted octanol–water partition coefficient (Wildman–Crippen LogP) is 3.89. The first-order chi connectivity index (χ1) is 19.0. The largest absolute Gasteiger partial charge is 0.493 e. The fourth-order valence-corrected chi connectivity index (χ4v) is 5.14. The molecular formula is C29H34N6O4. The molecule has 1 saturated heterocycles. The number of carbonyl (C=O) groups excluding carboxylic acids is 1. The molecule has 2 amide bonds. The van der Waals surface area contributed by atoms with Crippen LogP contribution in [0.15, 0.2) is 60.9 Å². The standard InChI is InChI=1S/C29H34N6O4/c1-34-16-21(15-30-34)22-17-35(10-11-37-2)18-25(22)33-29(36)32-24-12-20-13-26(38-3)27(39-4)14-23(20)31-28(24)19-8-6-5-7-9-19/h5-9,12-16,22,25H,10-11,17-18H2,1-4H3,(H2,32,33,36)/t22-,25+/m0/s1. The zero-order valence-electron chi connectivity index (χ0n) is 22.7. The van der Waals surface area contributed by atoms with Crippen LogP contribution in [0.2, 0.25) is 0 Å². The molecule has 39 heavy (non-hydrogen) atoms. The van der Waals surface area contributed by atoms with Crippen LogP contribution < -0.4 is 20.1 Å². The number of aromatic nitrogens is 3. The lowest BCUT2D eigenvalue weighted by atomic mass is 9.97. The lowest BCUT2D eigenvalue weighted by molar-refractivity contribution is 0.159. The monoisotopic (exact) mass is 530 g/mol. The van der Waals surface area contributed by atoms with E-state index in [1.165, 1.54) is 0 Å². The van der Waals surface area contributed by atoms with E-state index < -0.39 is 0 Å². The van der Waals surface area contributed by atoms with Gasteiger partial charge in [-0.1, -0.05) is 30.3 Å². The van der Waals surface area contributed by atoms with Crippen LogP contribution in [0.3, 0.4) is 0 Å². The van der Waals surface area contributed by atoms with E-state index in [2.05, 4.69) is 20.6 Å². The summed E-state index contributed by atoms with van der Waals surface area (Å²) in [5, 5.41) is 11.5. The molecule has 2 aromatic carbocycles. The number of urea groups is 1. The number of aryl methyl sites for hydroxylation is 1. The third-order valence-electron chi connectivity index (χ3n) is 7.09. The highest BCUT2D eigenvalue weighted by Crippen LogP contribution is 2.36. The van der Waals surface area contributed by atoms with Crippen molar-refractivity contribution >= 4 is 22.6 Å². The van der Waals surface area contributed by atoms with E-state index in [4.69, 9.17) is 19.2 Å². The first-order valence-corrected chi connectivity index (χ1v) is 12.9. The first-order valence-electron chi connectivity index (χ1n) is 12.9. The average molecular weight is 531 g/mol. The van der Waals surface area contributed by atoms with Crippen LogP contribution in [-0.4, -0.2) is 79.3 Å². The van der Waals surface area contributed by atoms with Crippen molar-refractivity contribution in [2.45, 2.75) is 12.0 Å². The lowest BCUT2D eigenvalue weighted by Crippen LogP contribution is -2.42. The van der Waals surface area contributed by atoms with Crippen molar-refractivity contribution in [2.75, 3.05) is 52.9 Å². The van der Waals surface area contributed by atoms with Gasteiger partial charge in [-0.05, 0) is 17.7 Å². The molecular weight excluding hydrogens is 496 g/mol. The maximum absolute atomic E-state index is 13.5. The van der Waals surface area contributed by atoms with Gasteiger partial charge in [0.2, 0.25) is 0 Å². The third kappa shape index (κ3) is 5.81. The number of amides is 2. The molecule has 5 rings (SSSR count). The van der Waals surface area contributed by atoms with Gasteiger partial charge in [-0.2, -0.15) is 5.10 Å². The molecule has 0 bridgehead atoms. The molecule has 0 radical (unpaired) electrons. The van der Waals surface area contributed by atoms with Crippen molar-refractivity contribution in [3.63, 3.8) is 0 Å². The van der Waals surface area contributed by atoms with E-state index in [0.29, 0.717) is 29.5 Å². The van der Waals surface area contributed by atoms with E-state index in [0.717, 1.165) is 41.7 Å². The highest BCUT2D eigenvalue weighted by atomic mass is 16.5. The Morgan fingerprint density at radius 2 is 1.82 bits per heavy atom. The van der Waals surface area contributed by atoms with Gasteiger partial charge in [-0.25, -0.2) is 9.78 Å². The molecule has 0 unspecified atom stereocenters. The summed E-state index contributed by atoms with van der Waals surface area (Å²) in [5.41, 5.74) is 4.00. The van der Waals surface area contributed by atoms with Crippen molar-refractivity contribution < 1.29 is 19.0 Å². The number of methoxy groups -OCH3 is 3. The Kier molecular flexibility index (Phi) is 7.94. The number of fused-ring (bicyclic) bond motifs is 1. The van der Waals surface area contributed by atoms with E-state index in [9.17, 15) is 4.79 Å². The molecule has 1 aliphatic heterocycles. The van der Waals surface area contributed by atoms with Gasteiger partial charge in [0.1, 0.15) is 0 Å². The highest BCUT2D eigenvalue weighted by Gasteiger charge is 2.35. The topological polar surface area (TPSA) is 103 Å². The number of anilines is 1. The smallest absolute Gasteiger partial charge is 0.319 e. The number of carbonyl (C=O) groups is 1. The Morgan fingerprint density at radius 3 is 2.51 bits per heavy atom. The molecule has 204 valence electrons. The molecule has 3 heterocycles. The molecule has 10 nitrogen and oxygen atoms in total. The minimum atomic E-state index is -0.290. The fourth-order valence-electron chi connectivity index (χ4n) is 5.14. The molecule has 2 atom stereocenters. The van der Waals surface area contributed by atoms with Gasteiger partial charge < -0.3 is 24.8 Å². The van der Waals surface area contributed by atoms with Crippen LogP contribution >= 0.6 is 0 Å². The van der Waals surface area contributed by atoms with Gasteiger partial charge in [-0.15, -0.1) is 0 Å². The van der Waals surface area contributed by atoms with Gasteiger partial charge in [0.25, 0.3) is 0 Å². The third-order valence-corrected chi connectivity index (χ3v) is 7.09. The second-order valence-electron chi connectivity index (χ2n) is 9.66. The molecule has 2 aromatic heterocycles. The summed E-state index contributed by atoms with van der Waals surface area (Å²) < 4.78 is 18.0. The van der Waals surface area contributed by atoms with Crippen LogP contribution in [0.1, 0.15) is 11.5 Å². The Labute approximate surface area is 227 Å². The fraction of sp³-hybridized carbons (Fsp3) is 0.345. The Morgan fingerprint density at radius 1 is 1.05 bits per heavy atom. The molecule has 2 N–H and O–H groups in total. The lowest BCUT2D eigenvalue weighted by Gasteiger charge is -2.20. The average Bonchev–Trinajstić information content (AvgIpc) is 3.56. The number of rotatable bonds is 9. The molecule has 0 saturated carbocycles. The van der Waals surface area contributed by atoms with E-state index >= 15 is 0 Å². The van der Waals surface area contributed by atoms with Crippen LogP contribution in [0.4, 0.5) is 10.5 Å². The summed E-state index contributed by atoms with van der Waals surface area (Å²) in [4.78, 5) is 20.7. The first kappa shape index (κ1) is 26.5. The Bertz CT molecular complexity index is 1440. The van der Waals surface area contributed by atoms with Gasteiger partial charge >= 0.3 is 6.03 Å². The van der Waals surface area contributed by atoms with Crippen molar-refractivity contribution in [1.82, 2.24) is 25.0 Å². The quantitative estimate of drug-likeness (QED) is 0.339. The molecule has 10 heteroatoms. The van der Waals surface area contributed by atoms with Crippen molar-refractivity contribution in [2.24, 2.45) is 7.05 Å². The van der Waals surface area contributed by atoms with Gasteiger partial charge in [0.05, 0.1) is 50.0 Å². The maximum Gasteiger partial charge on any atom is 0.319 e. The van der Waals surface area contributed by atoms with E-state index in [-0.39, 0.29) is 18.0 Å². The minimum absolute atomic E-state index is 0.0935. The van der Waals surface area contributed by atoms with Crippen LogP contribution in [-0.2, 0) is 11.8 Å². The predicted molar refractivity (Wildman–Crippen MR) is 150 cm³/mol. The molecule has 1 aliphatic rings. The second-order valence-corrected chi connectivity index (χ2v) is 9.66. The number of nitrogens with one attached hydrogen (secondary N) is 2. The van der Waals surface area contributed by atoms with Crippen LogP contribution in [0.5, 0.6) is 11.5 Å². The van der Waals surface area contributed by atoms with Crippen molar-refractivity contribution in [3.05, 3.63) is 66.5 Å². The van der Waals surface area contributed by atoms with Crippen LogP contribution in [0, 0.1) is 0 Å². The Balaban J connectivity index is 1.44. The summed E-state index contributed by atoms with van der Waals surface area (Å²) in [5.74, 6) is 1.30. The number of pyridine rings is 1. The minimum Gasteiger partial charge on any atom is -0.493 e. The number of hydrogen-bond acceptors (Lipinski definition) is 7. The maximum atomic E-state index is 13.5. The number of benzene rings is 2. The van der Waals surface area contributed by atoms with Crippen LogP contribution in [0.25, 0.3) is 22.2 Å². The number of hydrogen-bond donors (Lipinski definition) is 2. The molecule has 4 aromatic rings. The van der Waals surface area contributed by atoms with E-state index in [1.807, 2.05) is 68.0 Å². The van der Waals surface area contributed by atoms with Crippen molar-refractivity contribution in [3.8, 4) is 22.8 Å². The molecule has 1 fully saturated rings.